The van der Waals surface area contributed by atoms with Crippen molar-refractivity contribution in [3.63, 3.8) is 0 Å². The number of rotatable bonds is 9. The predicted octanol–water partition coefficient (Wildman–Crippen LogP) is 5.32. The summed E-state index contributed by atoms with van der Waals surface area (Å²) >= 11 is 0. The first-order valence-electron chi connectivity index (χ1n) is 19.6. The molecule has 11 nitrogen and oxygen atoms in total. The maximum atomic E-state index is 16.4. The number of nitrogens with one attached hydrogen (secondary N) is 1. The third-order valence-corrected chi connectivity index (χ3v) is 15.4. The molecule has 2 spiro atoms. The Bertz CT molecular complexity index is 1940. The lowest BCUT2D eigenvalue weighted by Crippen LogP contribution is -2.55. The first-order chi connectivity index (χ1) is 26.4. The highest BCUT2D eigenvalue weighted by Crippen LogP contribution is 2.61. The Morgan fingerprint density at radius 2 is 1.75 bits per heavy atom. The van der Waals surface area contributed by atoms with E-state index in [-0.39, 0.29) is 43.3 Å². The van der Waals surface area contributed by atoms with Gasteiger partial charge in [-0.1, -0.05) is 37.3 Å². The minimum atomic E-state index is -3.50. The van der Waals surface area contributed by atoms with E-state index >= 15 is 4.11 Å². The fourth-order valence-corrected chi connectivity index (χ4v) is 12.8. The number of piperidine rings is 1. The van der Waals surface area contributed by atoms with Crippen molar-refractivity contribution in [2.45, 2.75) is 87.5 Å². The molecule has 8 rings (SSSR count). The number of hydrogen-bond acceptors (Lipinski definition) is 8. The molecule has 3 amide bonds. The number of likely N-dealkylation sites (tertiary alicyclic amines) is 1. The van der Waals surface area contributed by atoms with Crippen molar-refractivity contribution >= 4 is 43.2 Å². The van der Waals surface area contributed by atoms with Crippen molar-refractivity contribution in [1.29, 1.82) is 0 Å². The number of carbonyl (C=O) groups is 3. The number of amides is 3. The fraction of sp³-hybridized carbons (Fsp3) is 0.500. The molecule has 13 heteroatoms. The van der Waals surface area contributed by atoms with Crippen LogP contribution in [0, 0.1) is 5.92 Å². The van der Waals surface area contributed by atoms with E-state index in [4.69, 9.17) is 9.47 Å². The molecule has 0 aromatic heterocycles. The van der Waals surface area contributed by atoms with E-state index in [2.05, 4.69) is 22.3 Å². The second-order valence-corrected chi connectivity index (χ2v) is 20.2. The molecule has 5 aliphatic rings. The third-order valence-electron chi connectivity index (χ3n) is 13.0. The lowest BCUT2D eigenvalue weighted by molar-refractivity contribution is -0.150. The number of nitrogens with zero attached hydrogens (tertiary/aromatic N) is 4. The molecule has 4 fully saturated rings. The minimum Gasteiger partial charge on any atom is -0.497 e. The Hall–Kier alpha value is -4.30. The molecule has 0 saturated carbocycles. The summed E-state index contributed by atoms with van der Waals surface area (Å²) in [6.45, 7) is 7.78. The SMILES string of the molecule is COc1ccc2c(c1)[C@]1(O[C@@H](CC(=O)N3CCC[C@H]3CO)[C@H]([Si](C)(C)F)[C@H]1C)C(=O)N2Cc1ccc(N2CN(c3ccccc3)C3(CCNCC3)C2=O)cc1. The number of halogens is 1. The Kier molecular flexibility index (Phi) is 9.80. The van der Waals surface area contributed by atoms with Gasteiger partial charge in [-0.3, -0.25) is 19.3 Å². The van der Waals surface area contributed by atoms with E-state index in [9.17, 15) is 19.5 Å². The number of fused-ring (bicyclic) bond motifs is 2. The van der Waals surface area contributed by atoms with Gasteiger partial charge < -0.3 is 38.7 Å². The van der Waals surface area contributed by atoms with Gasteiger partial charge >= 0.3 is 0 Å². The maximum Gasteiger partial charge on any atom is 0.264 e. The van der Waals surface area contributed by atoms with Gasteiger partial charge in [-0.25, -0.2) is 0 Å². The van der Waals surface area contributed by atoms with Crippen molar-refractivity contribution in [2.75, 3.05) is 54.7 Å². The number of methoxy groups -OCH3 is 1. The molecule has 0 bridgehead atoms. The van der Waals surface area contributed by atoms with Crippen LogP contribution >= 0.6 is 0 Å². The molecule has 2 N–H and O–H groups in total. The van der Waals surface area contributed by atoms with Crippen LogP contribution in [0.1, 0.15) is 50.2 Å². The molecule has 0 radical (unpaired) electrons. The Labute approximate surface area is 323 Å². The van der Waals surface area contributed by atoms with E-state index < -0.39 is 37.1 Å². The van der Waals surface area contributed by atoms with Crippen LogP contribution < -0.4 is 24.8 Å². The number of carbonyl (C=O) groups excluding carboxylic acids is 3. The highest BCUT2D eigenvalue weighted by molar-refractivity contribution is 6.72. The van der Waals surface area contributed by atoms with Crippen LogP contribution in [0.4, 0.5) is 21.2 Å². The average Bonchev–Trinajstić information content (AvgIpc) is 3.92. The number of aliphatic hydroxyl groups excluding tert-OH is 1. The largest absolute Gasteiger partial charge is 0.497 e. The highest BCUT2D eigenvalue weighted by atomic mass is 28.4. The van der Waals surface area contributed by atoms with E-state index in [0.29, 0.717) is 30.2 Å². The van der Waals surface area contributed by atoms with Gasteiger partial charge in [-0.05, 0) is 99.9 Å². The first-order valence-corrected chi connectivity index (χ1v) is 22.6. The van der Waals surface area contributed by atoms with Gasteiger partial charge in [0.1, 0.15) is 11.3 Å². The Balaban J connectivity index is 1.08. The smallest absolute Gasteiger partial charge is 0.264 e. The number of aliphatic hydroxyl groups is 1. The van der Waals surface area contributed by atoms with Crippen LogP contribution in [0.5, 0.6) is 5.75 Å². The summed E-state index contributed by atoms with van der Waals surface area (Å²) in [7, 11) is -1.93. The molecular weight excluding hydrogens is 718 g/mol. The van der Waals surface area contributed by atoms with Gasteiger partial charge in [0.25, 0.3) is 11.8 Å². The minimum absolute atomic E-state index is 0.0592. The Morgan fingerprint density at radius 3 is 2.42 bits per heavy atom. The standard InChI is InChI=1S/C42H52FN5O6Si/c1-28-38(55(3,4)43)36(24-37(50)45-22-8-11-32(45)26-49)54-42(28)34-23-33(53-2)16-17-35(34)46(40(42)52)25-29-12-14-30(15-13-29)47-27-48(31-9-6-5-7-10-31)41(39(47)51)18-20-44-21-19-41/h5-7,9-10,12-17,23,28,32,36,38,44,49H,8,11,18-22,24-27H2,1-4H3/t28-,32+,36+,38-,42+/m1/s1. The number of hydrogen-bond donors (Lipinski definition) is 2. The van der Waals surface area contributed by atoms with E-state index in [1.807, 2.05) is 72.5 Å². The Morgan fingerprint density at radius 1 is 1.02 bits per heavy atom. The quantitative estimate of drug-likeness (QED) is 0.222. The lowest BCUT2D eigenvalue weighted by Gasteiger charge is -2.39. The van der Waals surface area contributed by atoms with Crippen LogP contribution in [0.15, 0.2) is 72.8 Å². The first kappa shape index (κ1) is 37.6. The van der Waals surface area contributed by atoms with Gasteiger partial charge in [0.05, 0.1) is 51.2 Å². The van der Waals surface area contributed by atoms with Gasteiger partial charge in [0.15, 0.2) is 5.60 Å². The van der Waals surface area contributed by atoms with Crippen LogP contribution in [0.3, 0.4) is 0 Å². The number of anilines is 3. The molecule has 55 heavy (non-hydrogen) atoms. The average molecular weight is 770 g/mol. The van der Waals surface area contributed by atoms with Crippen molar-refractivity contribution < 1.29 is 33.1 Å². The van der Waals surface area contributed by atoms with E-state index in [1.165, 1.54) is 0 Å². The summed E-state index contributed by atoms with van der Waals surface area (Å²) < 4.78 is 28.9. The van der Waals surface area contributed by atoms with Crippen LogP contribution in [0.2, 0.25) is 18.6 Å². The second kappa shape index (κ2) is 14.3. The molecule has 292 valence electrons. The molecule has 5 aliphatic heterocycles. The molecule has 0 unspecified atom stereocenters. The van der Waals surface area contributed by atoms with Gasteiger partial charge in [0.2, 0.25) is 14.3 Å². The topological polar surface area (TPSA) is 115 Å². The molecule has 3 aromatic carbocycles. The predicted molar refractivity (Wildman–Crippen MR) is 211 cm³/mol. The van der Waals surface area contributed by atoms with Crippen molar-refractivity contribution in [3.05, 3.63) is 83.9 Å². The van der Waals surface area contributed by atoms with Crippen molar-refractivity contribution in [3.8, 4) is 5.75 Å². The maximum absolute atomic E-state index is 16.4. The van der Waals surface area contributed by atoms with Gasteiger partial charge in [-0.15, -0.1) is 0 Å². The zero-order valence-corrected chi connectivity index (χ0v) is 33.2. The molecule has 5 atom stereocenters. The third kappa shape index (κ3) is 6.14. The zero-order valence-electron chi connectivity index (χ0n) is 32.2. The summed E-state index contributed by atoms with van der Waals surface area (Å²) in [5.41, 5.74) is 1.19. The molecule has 4 saturated heterocycles. The number of para-hydroxylation sites is 1. The lowest BCUT2D eigenvalue weighted by atomic mass is 9.82. The van der Waals surface area contributed by atoms with Gasteiger partial charge in [0, 0.05) is 34.9 Å². The fourth-order valence-electron chi connectivity index (χ4n) is 10.3. The highest BCUT2D eigenvalue weighted by Gasteiger charge is 2.67. The molecule has 5 heterocycles. The summed E-state index contributed by atoms with van der Waals surface area (Å²) in [5.74, 6) is -0.394. The molecule has 0 aliphatic carbocycles. The molecule has 3 aromatic rings. The summed E-state index contributed by atoms with van der Waals surface area (Å²) in [5, 5.41) is 13.3. The number of ether oxygens (including phenoxy) is 2. The zero-order chi connectivity index (χ0) is 38.7. The number of benzene rings is 3. The summed E-state index contributed by atoms with van der Waals surface area (Å²) in [6, 6.07) is 23.1. The summed E-state index contributed by atoms with van der Waals surface area (Å²) in [4.78, 5) is 50.4. The van der Waals surface area contributed by atoms with E-state index in [0.717, 1.165) is 55.7 Å². The molecular formula is C42H52FN5O6Si. The van der Waals surface area contributed by atoms with Crippen molar-refractivity contribution in [1.82, 2.24) is 10.2 Å². The van der Waals surface area contributed by atoms with Crippen LogP contribution in [-0.4, -0.2) is 93.8 Å². The van der Waals surface area contributed by atoms with E-state index in [1.54, 1.807) is 30.0 Å². The van der Waals surface area contributed by atoms with Gasteiger partial charge in [-0.2, -0.15) is 0 Å². The monoisotopic (exact) mass is 769 g/mol. The second-order valence-electron chi connectivity index (χ2n) is 16.4. The van der Waals surface area contributed by atoms with Crippen molar-refractivity contribution in [2.24, 2.45) is 5.92 Å². The normalized spacial score (nSPS) is 27.5. The summed E-state index contributed by atoms with van der Waals surface area (Å²) in [6.07, 6.45) is 2.10. The van der Waals surface area contributed by atoms with Crippen LogP contribution in [-0.2, 0) is 31.3 Å². The van der Waals surface area contributed by atoms with Crippen LogP contribution in [0.25, 0.3) is 0 Å².